The maximum absolute atomic E-state index is 14.0. The quantitative estimate of drug-likeness (QED) is 0.216. The number of sulfonamides is 1. The molecule has 2 heterocycles. The van der Waals surface area contributed by atoms with Gasteiger partial charge in [-0.2, -0.15) is 9.57 Å². The van der Waals surface area contributed by atoms with E-state index in [0.717, 1.165) is 32.7 Å². The van der Waals surface area contributed by atoms with Crippen molar-refractivity contribution < 1.29 is 28.2 Å². The van der Waals surface area contributed by atoms with E-state index >= 15 is 0 Å². The van der Waals surface area contributed by atoms with Crippen LogP contribution < -0.4 is 5.32 Å². The molecule has 258 valence electrons. The lowest BCUT2D eigenvalue weighted by atomic mass is 9.97. The molecule has 14 heteroatoms. The zero-order valence-electron chi connectivity index (χ0n) is 27.9. The SMILES string of the molecule is Cc1nc(CN2CCN([C@H](C(=O)N[C@@H](Cc3ccccc3)[C@H](O)CN(CC(C)C)S(=O)(=O)c3ccc(O)c(C#N)c3)C(C)C)C2=O)cs1. The van der Waals surface area contributed by atoms with Gasteiger partial charge in [0.2, 0.25) is 15.9 Å². The molecule has 1 aliphatic heterocycles. The van der Waals surface area contributed by atoms with Crippen LogP contribution in [0.15, 0.2) is 58.8 Å². The second kappa shape index (κ2) is 15.9. The van der Waals surface area contributed by atoms with Crippen molar-refractivity contribution in [2.75, 3.05) is 26.2 Å². The first-order valence-corrected chi connectivity index (χ1v) is 18.2. The third-order valence-electron chi connectivity index (χ3n) is 8.16. The lowest BCUT2D eigenvalue weighted by Gasteiger charge is -2.34. The van der Waals surface area contributed by atoms with Gasteiger partial charge in [-0.1, -0.05) is 58.0 Å². The summed E-state index contributed by atoms with van der Waals surface area (Å²) in [5.41, 5.74) is 1.42. The number of nitriles is 1. The summed E-state index contributed by atoms with van der Waals surface area (Å²) in [6.45, 7) is 10.1. The van der Waals surface area contributed by atoms with Gasteiger partial charge in [0.1, 0.15) is 17.9 Å². The van der Waals surface area contributed by atoms with Crippen LogP contribution in [0.25, 0.3) is 0 Å². The zero-order valence-corrected chi connectivity index (χ0v) is 29.5. The molecule has 48 heavy (non-hydrogen) atoms. The van der Waals surface area contributed by atoms with Gasteiger partial charge in [-0.25, -0.2) is 18.2 Å². The highest BCUT2D eigenvalue weighted by Crippen LogP contribution is 2.25. The number of nitrogens with zero attached hydrogens (tertiary/aromatic N) is 5. The predicted octanol–water partition coefficient (Wildman–Crippen LogP) is 3.73. The van der Waals surface area contributed by atoms with Crippen molar-refractivity contribution in [2.24, 2.45) is 11.8 Å². The number of benzene rings is 2. The normalized spacial score (nSPS) is 15.6. The topological polar surface area (TPSA) is 167 Å². The number of aromatic nitrogens is 1. The van der Waals surface area contributed by atoms with E-state index in [-0.39, 0.29) is 53.6 Å². The van der Waals surface area contributed by atoms with Crippen molar-refractivity contribution in [2.45, 2.75) is 70.7 Å². The zero-order chi connectivity index (χ0) is 35.2. The number of aryl methyl sites for hydroxylation is 1. The van der Waals surface area contributed by atoms with Gasteiger partial charge in [-0.3, -0.25) is 4.79 Å². The van der Waals surface area contributed by atoms with Gasteiger partial charge in [-0.05, 0) is 48.9 Å². The highest BCUT2D eigenvalue weighted by molar-refractivity contribution is 7.89. The number of hydrogen-bond donors (Lipinski definition) is 3. The predicted molar refractivity (Wildman–Crippen MR) is 182 cm³/mol. The summed E-state index contributed by atoms with van der Waals surface area (Å²) in [5.74, 6) is -1.16. The minimum absolute atomic E-state index is 0.0550. The largest absolute Gasteiger partial charge is 0.507 e. The van der Waals surface area contributed by atoms with E-state index in [1.54, 1.807) is 15.9 Å². The molecule has 0 aliphatic carbocycles. The molecule has 1 saturated heterocycles. The number of phenolic OH excluding ortho intramolecular Hbond substituents is 1. The number of phenols is 1. The maximum atomic E-state index is 14.0. The Morgan fingerprint density at radius 1 is 1.12 bits per heavy atom. The van der Waals surface area contributed by atoms with Gasteiger partial charge < -0.3 is 25.3 Å². The Bertz CT molecular complexity index is 1720. The molecular formula is C34H44N6O6S2. The summed E-state index contributed by atoms with van der Waals surface area (Å²) in [6, 6.07) is 12.5. The molecule has 2 aromatic carbocycles. The highest BCUT2D eigenvalue weighted by atomic mass is 32.2. The number of aliphatic hydroxyl groups excluding tert-OH is 1. The number of thiazole rings is 1. The number of urea groups is 1. The van der Waals surface area contributed by atoms with E-state index in [2.05, 4.69) is 10.3 Å². The lowest BCUT2D eigenvalue weighted by Crippen LogP contribution is -2.57. The van der Waals surface area contributed by atoms with Crippen LogP contribution in [-0.2, 0) is 27.8 Å². The van der Waals surface area contributed by atoms with Crippen molar-refractivity contribution >= 4 is 33.3 Å². The summed E-state index contributed by atoms with van der Waals surface area (Å²) in [5, 5.41) is 36.8. The van der Waals surface area contributed by atoms with E-state index < -0.39 is 34.1 Å². The van der Waals surface area contributed by atoms with Crippen LogP contribution in [0.4, 0.5) is 4.79 Å². The molecule has 3 amide bonds. The van der Waals surface area contributed by atoms with E-state index in [1.807, 2.05) is 70.3 Å². The van der Waals surface area contributed by atoms with Crippen molar-refractivity contribution in [3.05, 3.63) is 75.7 Å². The number of aromatic hydroxyl groups is 1. The number of aliphatic hydroxyl groups is 1. The molecule has 12 nitrogen and oxygen atoms in total. The van der Waals surface area contributed by atoms with Crippen LogP contribution in [0.2, 0.25) is 0 Å². The van der Waals surface area contributed by atoms with Crippen LogP contribution >= 0.6 is 11.3 Å². The van der Waals surface area contributed by atoms with E-state index in [1.165, 1.54) is 17.4 Å². The third-order valence-corrected chi connectivity index (χ3v) is 10.8. The fourth-order valence-corrected chi connectivity index (χ4v) is 8.09. The van der Waals surface area contributed by atoms with Gasteiger partial charge in [0.15, 0.2) is 0 Å². The summed E-state index contributed by atoms with van der Waals surface area (Å²) in [6.07, 6.45) is -1.14. The fourth-order valence-electron chi connectivity index (χ4n) is 5.83. The van der Waals surface area contributed by atoms with Crippen molar-refractivity contribution in [3.63, 3.8) is 0 Å². The summed E-state index contributed by atoms with van der Waals surface area (Å²) in [7, 11) is -4.22. The highest BCUT2D eigenvalue weighted by Gasteiger charge is 2.40. The number of amides is 3. The van der Waals surface area contributed by atoms with E-state index in [4.69, 9.17) is 0 Å². The van der Waals surface area contributed by atoms with Gasteiger partial charge in [0.25, 0.3) is 0 Å². The third kappa shape index (κ3) is 8.90. The first-order valence-electron chi connectivity index (χ1n) is 15.9. The Morgan fingerprint density at radius 3 is 2.44 bits per heavy atom. The first-order chi connectivity index (χ1) is 22.7. The first kappa shape index (κ1) is 36.8. The molecular weight excluding hydrogens is 653 g/mol. The Labute approximate surface area is 286 Å². The van der Waals surface area contributed by atoms with Gasteiger partial charge in [0.05, 0.1) is 39.9 Å². The van der Waals surface area contributed by atoms with Crippen LogP contribution in [0.5, 0.6) is 5.75 Å². The average Bonchev–Trinajstić information content (AvgIpc) is 3.61. The molecule has 0 unspecified atom stereocenters. The van der Waals surface area contributed by atoms with Crippen LogP contribution in [-0.4, -0.2) is 94.0 Å². The number of rotatable bonds is 15. The van der Waals surface area contributed by atoms with Crippen LogP contribution in [0.1, 0.15) is 49.5 Å². The standard InChI is InChI=1S/C34H44N6O6S2/c1-22(2)18-39(48(45,46)28-11-12-30(41)26(16-28)17-35)20-31(42)29(15-25-9-7-6-8-10-25)37-33(43)32(23(3)4)40-14-13-38(34(40)44)19-27-21-47-24(5)36-27/h6-12,16,21-23,29,31-32,41-42H,13-15,18-20H2,1-5H3,(H,37,43)/t29-,31+,32-/m0/s1. The molecule has 4 rings (SSSR count). The number of hydrogen-bond acceptors (Lipinski definition) is 9. The minimum atomic E-state index is -4.22. The Hall–Kier alpha value is -4.03. The smallest absolute Gasteiger partial charge is 0.321 e. The molecule has 1 fully saturated rings. The second-order valence-corrected chi connectivity index (χ2v) is 15.8. The van der Waals surface area contributed by atoms with Gasteiger partial charge in [-0.15, -0.1) is 11.3 Å². The van der Waals surface area contributed by atoms with Gasteiger partial charge >= 0.3 is 6.03 Å². The summed E-state index contributed by atoms with van der Waals surface area (Å²) >= 11 is 1.51. The Kier molecular flexibility index (Phi) is 12.2. The molecule has 1 aromatic heterocycles. The lowest BCUT2D eigenvalue weighted by molar-refractivity contribution is -0.128. The van der Waals surface area contributed by atoms with E-state index in [9.17, 15) is 33.5 Å². The monoisotopic (exact) mass is 696 g/mol. The molecule has 0 spiro atoms. The molecule has 3 N–H and O–H groups in total. The number of carbonyl (C=O) groups excluding carboxylic acids is 2. The molecule has 0 saturated carbocycles. The maximum Gasteiger partial charge on any atom is 0.321 e. The molecule has 3 aromatic rings. The Morgan fingerprint density at radius 2 is 1.83 bits per heavy atom. The van der Waals surface area contributed by atoms with Crippen molar-refractivity contribution in [1.29, 1.82) is 5.26 Å². The summed E-state index contributed by atoms with van der Waals surface area (Å²) < 4.78 is 28.8. The van der Waals surface area contributed by atoms with Gasteiger partial charge in [0, 0.05) is 31.6 Å². The fraction of sp³-hybridized carbons (Fsp3) is 0.471. The molecule has 1 aliphatic rings. The molecule has 0 radical (unpaired) electrons. The summed E-state index contributed by atoms with van der Waals surface area (Å²) in [4.78, 5) is 35.1. The van der Waals surface area contributed by atoms with Crippen molar-refractivity contribution in [3.8, 4) is 11.8 Å². The molecule has 3 atom stereocenters. The number of nitrogens with one attached hydrogen (secondary N) is 1. The molecule has 0 bridgehead atoms. The van der Waals surface area contributed by atoms with Crippen molar-refractivity contribution in [1.82, 2.24) is 24.4 Å². The van der Waals surface area contributed by atoms with Crippen LogP contribution in [0.3, 0.4) is 0 Å². The van der Waals surface area contributed by atoms with E-state index in [0.29, 0.717) is 19.6 Å². The Balaban J connectivity index is 1.59. The second-order valence-electron chi connectivity index (χ2n) is 12.8. The number of carbonyl (C=O) groups is 2. The van der Waals surface area contributed by atoms with Crippen LogP contribution in [0, 0.1) is 30.1 Å². The average molecular weight is 697 g/mol. The minimum Gasteiger partial charge on any atom is -0.507 e.